The van der Waals surface area contributed by atoms with Crippen LogP contribution in [-0.4, -0.2) is 30.6 Å². The second-order valence-electron chi connectivity index (χ2n) is 6.27. The van der Waals surface area contributed by atoms with Crippen LogP contribution in [0, 0.1) is 0 Å². The fourth-order valence-electron chi connectivity index (χ4n) is 2.59. The molecule has 2 aromatic rings. The molecule has 0 fully saturated rings. The smallest absolute Gasteiger partial charge is 0.243 e. The van der Waals surface area contributed by atoms with Gasteiger partial charge in [-0.1, -0.05) is 48.0 Å². The van der Waals surface area contributed by atoms with Gasteiger partial charge >= 0.3 is 0 Å². The minimum Gasteiger partial charge on any atom is -0.387 e. The first kappa shape index (κ1) is 20.2. The number of likely N-dealkylation sites (N-methyl/N-ethyl adjacent to an activating group) is 1. The van der Waals surface area contributed by atoms with Gasteiger partial charge in [0.1, 0.15) is 0 Å². The van der Waals surface area contributed by atoms with Crippen LogP contribution in [0.4, 0.5) is 0 Å². The van der Waals surface area contributed by atoms with E-state index >= 15 is 0 Å². The zero-order valence-electron chi connectivity index (χ0n) is 15.1. The predicted octanol–water partition coefficient (Wildman–Crippen LogP) is 3.35. The molecule has 0 heterocycles. The number of carbonyl (C=O) groups is 1. The van der Waals surface area contributed by atoms with Crippen molar-refractivity contribution >= 4 is 23.6 Å². The van der Waals surface area contributed by atoms with E-state index in [0.717, 1.165) is 17.5 Å². The van der Waals surface area contributed by atoms with Gasteiger partial charge in [0, 0.05) is 30.7 Å². The average molecular weight is 373 g/mol. The van der Waals surface area contributed by atoms with Gasteiger partial charge in [-0.25, -0.2) is 0 Å². The van der Waals surface area contributed by atoms with Crippen molar-refractivity contribution in [1.29, 1.82) is 0 Å². The van der Waals surface area contributed by atoms with E-state index in [1.165, 1.54) is 11.6 Å². The molecule has 0 aliphatic carbocycles. The number of aliphatic hydroxyl groups is 1. The van der Waals surface area contributed by atoms with Gasteiger partial charge in [0.2, 0.25) is 5.91 Å². The summed E-state index contributed by atoms with van der Waals surface area (Å²) >= 11 is 5.96. The number of nitrogens with one attached hydrogen (secondary N) is 2. The SMILES string of the molecule is CNC(=O)C=Cc1ccc(CC(C)NCC(O)c2cccc(Cl)c2)cc1. The van der Waals surface area contributed by atoms with Crippen LogP contribution in [0.3, 0.4) is 0 Å². The second-order valence-corrected chi connectivity index (χ2v) is 6.71. The molecule has 2 rings (SSSR count). The standard InChI is InChI=1S/C21H25ClN2O2/c1-15(24-14-20(25)18-4-3-5-19(22)13-18)12-17-8-6-16(7-9-17)10-11-21(26)23-2/h3-11,13,15,20,24-25H,12,14H2,1-2H3,(H,23,26). The van der Waals surface area contributed by atoms with E-state index in [0.29, 0.717) is 11.6 Å². The number of hydrogen-bond donors (Lipinski definition) is 3. The molecule has 5 heteroatoms. The third-order valence-electron chi connectivity index (χ3n) is 4.09. The highest BCUT2D eigenvalue weighted by Crippen LogP contribution is 2.17. The molecular weight excluding hydrogens is 348 g/mol. The van der Waals surface area contributed by atoms with Crippen LogP contribution in [0.1, 0.15) is 29.7 Å². The van der Waals surface area contributed by atoms with E-state index in [1.54, 1.807) is 25.3 Å². The third kappa shape index (κ3) is 6.64. The molecule has 0 bridgehead atoms. The van der Waals surface area contributed by atoms with Gasteiger partial charge in [0.05, 0.1) is 6.10 Å². The summed E-state index contributed by atoms with van der Waals surface area (Å²) in [6.45, 7) is 2.55. The van der Waals surface area contributed by atoms with Crippen molar-refractivity contribution in [1.82, 2.24) is 10.6 Å². The van der Waals surface area contributed by atoms with Crippen molar-refractivity contribution in [2.45, 2.75) is 25.5 Å². The van der Waals surface area contributed by atoms with E-state index in [4.69, 9.17) is 11.6 Å². The van der Waals surface area contributed by atoms with Crippen LogP contribution in [0.5, 0.6) is 0 Å². The van der Waals surface area contributed by atoms with Crippen molar-refractivity contribution in [3.05, 3.63) is 76.3 Å². The highest BCUT2D eigenvalue weighted by atomic mass is 35.5. The lowest BCUT2D eigenvalue weighted by Gasteiger charge is -2.18. The van der Waals surface area contributed by atoms with Crippen LogP contribution in [0.25, 0.3) is 6.08 Å². The summed E-state index contributed by atoms with van der Waals surface area (Å²) in [5, 5.41) is 16.8. The van der Waals surface area contributed by atoms with Crippen molar-refractivity contribution in [3.63, 3.8) is 0 Å². The topological polar surface area (TPSA) is 61.4 Å². The first-order valence-electron chi connectivity index (χ1n) is 8.63. The minimum absolute atomic E-state index is 0.120. The minimum atomic E-state index is -0.589. The predicted molar refractivity (Wildman–Crippen MR) is 107 cm³/mol. The molecule has 2 atom stereocenters. The normalized spacial score (nSPS) is 13.5. The van der Waals surface area contributed by atoms with Crippen LogP contribution < -0.4 is 10.6 Å². The van der Waals surface area contributed by atoms with Gasteiger partial charge in [0.25, 0.3) is 0 Å². The first-order chi connectivity index (χ1) is 12.5. The maximum absolute atomic E-state index is 11.2. The van der Waals surface area contributed by atoms with Gasteiger partial charge in [-0.2, -0.15) is 0 Å². The maximum atomic E-state index is 11.2. The molecule has 26 heavy (non-hydrogen) atoms. The van der Waals surface area contributed by atoms with Crippen molar-refractivity contribution < 1.29 is 9.90 Å². The van der Waals surface area contributed by atoms with Crippen LogP contribution in [-0.2, 0) is 11.2 Å². The number of hydrogen-bond acceptors (Lipinski definition) is 3. The van der Waals surface area contributed by atoms with Crippen LogP contribution in [0.15, 0.2) is 54.6 Å². The summed E-state index contributed by atoms with van der Waals surface area (Å²) in [5.74, 6) is -0.120. The van der Waals surface area contributed by atoms with Gasteiger partial charge in [-0.3, -0.25) is 4.79 Å². The summed E-state index contributed by atoms with van der Waals surface area (Å²) in [6.07, 6.45) is 3.55. The number of benzene rings is 2. The molecule has 0 aliphatic rings. The summed E-state index contributed by atoms with van der Waals surface area (Å²) in [5.41, 5.74) is 2.98. The molecule has 1 amide bonds. The van der Waals surface area contributed by atoms with Crippen LogP contribution >= 0.6 is 11.6 Å². The van der Waals surface area contributed by atoms with Crippen molar-refractivity contribution in [3.8, 4) is 0 Å². The van der Waals surface area contributed by atoms with E-state index < -0.39 is 6.10 Å². The molecular formula is C21H25ClN2O2. The lowest BCUT2D eigenvalue weighted by atomic mass is 10.0. The molecule has 2 unspecified atom stereocenters. The Morgan fingerprint density at radius 3 is 2.62 bits per heavy atom. The van der Waals surface area contributed by atoms with Gasteiger partial charge < -0.3 is 15.7 Å². The Balaban J connectivity index is 1.82. The Bertz CT molecular complexity index is 744. The highest BCUT2D eigenvalue weighted by molar-refractivity contribution is 6.30. The number of amides is 1. The molecule has 0 saturated heterocycles. The third-order valence-corrected chi connectivity index (χ3v) is 4.32. The Morgan fingerprint density at radius 2 is 1.96 bits per heavy atom. The molecule has 4 nitrogen and oxygen atoms in total. The largest absolute Gasteiger partial charge is 0.387 e. The average Bonchev–Trinajstić information content (AvgIpc) is 2.65. The maximum Gasteiger partial charge on any atom is 0.243 e. The van der Waals surface area contributed by atoms with E-state index in [9.17, 15) is 9.90 Å². The molecule has 0 spiro atoms. The van der Waals surface area contributed by atoms with Crippen molar-refractivity contribution in [2.75, 3.05) is 13.6 Å². The Hall–Kier alpha value is -2.14. The van der Waals surface area contributed by atoms with E-state index in [1.807, 2.05) is 24.3 Å². The lowest BCUT2D eigenvalue weighted by Crippen LogP contribution is -2.32. The lowest BCUT2D eigenvalue weighted by molar-refractivity contribution is -0.115. The molecule has 2 aromatic carbocycles. The Morgan fingerprint density at radius 1 is 1.23 bits per heavy atom. The zero-order chi connectivity index (χ0) is 18.9. The summed E-state index contributed by atoms with van der Waals surface area (Å²) < 4.78 is 0. The fraction of sp³-hybridized carbons (Fsp3) is 0.286. The van der Waals surface area contributed by atoms with Gasteiger partial charge in [0.15, 0.2) is 0 Å². The Kier molecular flexibility index (Phi) is 7.85. The monoisotopic (exact) mass is 372 g/mol. The molecule has 0 radical (unpaired) electrons. The first-order valence-corrected chi connectivity index (χ1v) is 9.01. The highest BCUT2D eigenvalue weighted by Gasteiger charge is 2.10. The quantitative estimate of drug-likeness (QED) is 0.623. The second kappa shape index (κ2) is 10.1. The zero-order valence-corrected chi connectivity index (χ0v) is 15.8. The number of halogens is 1. The van der Waals surface area contributed by atoms with Gasteiger partial charge in [-0.15, -0.1) is 0 Å². The fourth-order valence-corrected chi connectivity index (χ4v) is 2.79. The summed E-state index contributed by atoms with van der Waals surface area (Å²) in [4.78, 5) is 11.2. The molecule has 3 N–H and O–H groups in total. The number of carbonyl (C=O) groups excluding carboxylic acids is 1. The van der Waals surface area contributed by atoms with E-state index in [-0.39, 0.29) is 11.9 Å². The molecule has 138 valence electrons. The Labute approximate surface area is 159 Å². The summed E-state index contributed by atoms with van der Waals surface area (Å²) in [7, 11) is 1.60. The van der Waals surface area contributed by atoms with Gasteiger partial charge in [-0.05, 0) is 48.2 Å². The number of aliphatic hydroxyl groups excluding tert-OH is 1. The van der Waals surface area contributed by atoms with Crippen LogP contribution in [0.2, 0.25) is 5.02 Å². The number of rotatable bonds is 8. The molecule has 0 saturated carbocycles. The van der Waals surface area contributed by atoms with Crippen molar-refractivity contribution in [2.24, 2.45) is 0 Å². The summed E-state index contributed by atoms with van der Waals surface area (Å²) in [6, 6.07) is 15.6. The van der Waals surface area contributed by atoms with E-state index in [2.05, 4.69) is 29.7 Å². The molecule has 0 aromatic heterocycles. The molecule has 0 aliphatic heterocycles.